The summed E-state index contributed by atoms with van der Waals surface area (Å²) >= 11 is 0. The molecule has 2 aromatic carbocycles. The maximum Gasteiger partial charge on any atom is 0.419 e. The van der Waals surface area contributed by atoms with Crippen molar-refractivity contribution >= 4 is 5.82 Å². The number of halogens is 4. The second kappa shape index (κ2) is 8.22. The van der Waals surface area contributed by atoms with E-state index in [0.717, 1.165) is 6.07 Å². The molecule has 1 aromatic heterocycles. The molecule has 0 radical (unpaired) electrons. The number of rotatable bonds is 5. The average Bonchev–Trinajstić information content (AvgIpc) is 3.21. The number of alkyl halides is 3. The van der Waals surface area contributed by atoms with Gasteiger partial charge >= 0.3 is 11.9 Å². The molecule has 0 amide bonds. The van der Waals surface area contributed by atoms with E-state index in [1.807, 2.05) is 6.07 Å². The molecule has 0 spiro atoms. The molecule has 1 aliphatic rings. The van der Waals surface area contributed by atoms with E-state index in [1.54, 1.807) is 12.1 Å². The molecule has 7 nitrogen and oxygen atoms in total. The van der Waals surface area contributed by atoms with Crippen LogP contribution in [0.1, 0.15) is 16.7 Å². The lowest BCUT2D eigenvalue weighted by atomic mass is 10.1. The molecule has 11 heteroatoms. The summed E-state index contributed by atoms with van der Waals surface area (Å²) in [5, 5.41) is 12.4. The van der Waals surface area contributed by atoms with Gasteiger partial charge in [-0.05, 0) is 29.8 Å². The Bertz CT molecular complexity index is 1280. The van der Waals surface area contributed by atoms with Crippen molar-refractivity contribution in [2.75, 3.05) is 11.9 Å². The quantitative estimate of drug-likeness (QED) is 0.595. The summed E-state index contributed by atoms with van der Waals surface area (Å²) in [7, 11) is 0. The van der Waals surface area contributed by atoms with Crippen LogP contribution in [0.25, 0.3) is 0 Å². The van der Waals surface area contributed by atoms with Crippen LogP contribution in [0.5, 0.6) is 17.4 Å². The largest absolute Gasteiger partial charge is 0.473 e. The lowest BCUT2D eigenvalue weighted by Gasteiger charge is -2.12. The zero-order valence-corrected chi connectivity index (χ0v) is 16.2. The van der Waals surface area contributed by atoms with E-state index < -0.39 is 23.2 Å². The predicted molar refractivity (Wildman–Crippen MR) is 104 cm³/mol. The van der Waals surface area contributed by atoms with Crippen molar-refractivity contribution in [3.63, 3.8) is 0 Å². The summed E-state index contributed by atoms with van der Waals surface area (Å²) in [6.45, 7) is 1.15. The van der Waals surface area contributed by atoms with E-state index >= 15 is 0 Å². The summed E-state index contributed by atoms with van der Waals surface area (Å²) in [5.74, 6) is -0.912. The standard InChI is InChI=1S/C21H14F4N4O3/c22-16-8-14(2-3-15(16)21(23,24)25)32-17-4-1-12(7-13(17)10-26)11-31-19-9-18-27-5-6-29(18)20(30)28-19/h1-4,7-9,27H,5-6,11H2. The van der Waals surface area contributed by atoms with E-state index in [4.69, 9.17) is 9.47 Å². The molecule has 1 aliphatic heterocycles. The minimum atomic E-state index is -4.82. The highest BCUT2D eigenvalue weighted by Gasteiger charge is 2.34. The van der Waals surface area contributed by atoms with E-state index in [2.05, 4.69) is 10.3 Å². The normalized spacial score (nSPS) is 12.6. The molecule has 0 saturated carbocycles. The summed E-state index contributed by atoms with van der Waals surface area (Å²) in [6.07, 6.45) is -4.82. The third kappa shape index (κ3) is 4.34. The van der Waals surface area contributed by atoms with Crippen LogP contribution in [-0.2, 0) is 19.3 Å². The van der Waals surface area contributed by atoms with Gasteiger partial charge in [-0.3, -0.25) is 4.57 Å². The highest BCUT2D eigenvalue weighted by Crippen LogP contribution is 2.34. The number of nitrogens with one attached hydrogen (secondary N) is 1. The van der Waals surface area contributed by atoms with Crippen molar-refractivity contribution in [3.8, 4) is 23.4 Å². The Hall–Kier alpha value is -4.07. The van der Waals surface area contributed by atoms with Crippen LogP contribution < -0.4 is 20.5 Å². The first kappa shape index (κ1) is 21.2. The number of nitriles is 1. The third-order valence-corrected chi connectivity index (χ3v) is 4.65. The Kier molecular flexibility index (Phi) is 5.44. The van der Waals surface area contributed by atoms with Crippen LogP contribution in [-0.4, -0.2) is 16.1 Å². The van der Waals surface area contributed by atoms with E-state index in [0.29, 0.717) is 36.6 Å². The first-order valence-corrected chi connectivity index (χ1v) is 9.31. The summed E-state index contributed by atoms with van der Waals surface area (Å²) in [6, 6.07) is 10.1. The van der Waals surface area contributed by atoms with Gasteiger partial charge in [-0.25, -0.2) is 9.18 Å². The molecule has 3 aromatic rings. The molecule has 0 atom stereocenters. The van der Waals surface area contributed by atoms with Crippen LogP contribution in [0.2, 0.25) is 0 Å². The van der Waals surface area contributed by atoms with E-state index in [-0.39, 0.29) is 29.5 Å². The van der Waals surface area contributed by atoms with Gasteiger partial charge in [0.05, 0.1) is 11.1 Å². The number of hydrogen-bond acceptors (Lipinski definition) is 6. The monoisotopic (exact) mass is 446 g/mol. The fourth-order valence-electron chi connectivity index (χ4n) is 3.13. The van der Waals surface area contributed by atoms with Crippen molar-refractivity contribution in [3.05, 3.63) is 75.5 Å². The smallest absolute Gasteiger partial charge is 0.419 e. The molecular formula is C21H14F4N4O3. The summed E-state index contributed by atoms with van der Waals surface area (Å²) in [5.41, 5.74) is -1.22. The number of anilines is 1. The van der Waals surface area contributed by atoms with Crippen LogP contribution in [0, 0.1) is 17.1 Å². The van der Waals surface area contributed by atoms with Gasteiger partial charge in [0.15, 0.2) is 0 Å². The van der Waals surface area contributed by atoms with E-state index in [1.165, 1.54) is 16.7 Å². The number of ether oxygens (including phenoxy) is 2. The first-order valence-electron chi connectivity index (χ1n) is 9.31. The molecule has 0 fully saturated rings. The Morgan fingerprint density at radius 3 is 2.72 bits per heavy atom. The van der Waals surface area contributed by atoms with Crippen LogP contribution in [0.4, 0.5) is 23.4 Å². The van der Waals surface area contributed by atoms with Crippen LogP contribution in [0.15, 0.2) is 47.3 Å². The third-order valence-electron chi connectivity index (χ3n) is 4.65. The number of hydrogen-bond donors (Lipinski definition) is 1. The summed E-state index contributed by atoms with van der Waals surface area (Å²) < 4.78 is 64.3. The van der Waals surface area contributed by atoms with Gasteiger partial charge in [0.1, 0.15) is 35.8 Å². The maximum atomic E-state index is 13.8. The minimum Gasteiger partial charge on any atom is -0.473 e. The fraction of sp³-hybridized carbons (Fsp3) is 0.190. The van der Waals surface area contributed by atoms with Crippen molar-refractivity contribution in [2.24, 2.45) is 0 Å². The number of nitrogens with zero attached hydrogens (tertiary/aromatic N) is 3. The highest BCUT2D eigenvalue weighted by molar-refractivity contribution is 5.48. The second-order valence-corrected chi connectivity index (χ2v) is 6.81. The number of benzene rings is 2. The molecule has 0 bridgehead atoms. The van der Waals surface area contributed by atoms with Gasteiger partial charge in [0.2, 0.25) is 5.88 Å². The van der Waals surface area contributed by atoms with Crippen molar-refractivity contribution < 1.29 is 27.0 Å². The fourth-order valence-corrected chi connectivity index (χ4v) is 3.13. The SMILES string of the molecule is N#Cc1cc(COc2cc3n(c(=O)n2)CCN3)ccc1Oc1ccc(C(F)(F)F)c(F)c1. The van der Waals surface area contributed by atoms with Gasteiger partial charge in [-0.1, -0.05) is 6.07 Å². The Balaban J connectivity index is 1.49. The van der Waals surface area contributed by atoms with Crippen molar-refractivity contribution in [1.29, 1.82) is 5.26 Å². The molecular weight excluding hydrogens is 432 g/mol. The number of aromatic nitrogens is 2. The Morgan fingerprint density at radius 2 is 2.00 bits per heavy atom. The Labute approximate surface area is 178 Å². The topological polar surface area (TPSA) is 89.2 Å². The highest BCUT2D eigenvalue weighted by atomic mass is 19.4. The molecule has 2 heterocycles. The van der Waals surface area contributed by atoms with Crippen molar-refractivity contribution in [1.82, 2.24) is 9.55 Å². The second-order valence-electron chi connectivity index (χ2n) is 6.81. The van der Waals surface area contributed by atoms with E-state index in [9.17, 15) is 27.6 Å². The molecule has 0 unspecified atom stereocenters. The van der Waals surface area contributed by atoms with Gasteiger partial charge in [0.25, 0.3) is 0 Å². The number of fused-ring (bicyclic) bond motifs is 1. The predicted octanol–water partition coefficient (Wildman–Crippen LogP) is 4.07. The van der Waals surface area contributed by atoms with Gasteiger partial charge in [0, 0.05) is 25.2 Å². The first-order chi connectivity index (χ1) is 15.2. The van der Waals surface area contributed by atoms with Gasteiger partial charge in [-0.2, -0.15) is 23.4 Å². The summed E-state index contributed by atoms with van der Waals surface area (Å²) in [4.78, 5) is 15.8. The zero-order chi connectivity index (χ0) is 22.9. The minimum absolute atomic E-state index is 0.000237. The van der Waals surface area contributed by atoms with Gasteiger partial charge < -0.3 is 14.8 Å². The van der Waals surface area contributed by atoms with Crippen LogP contribution >= 0.6 is 0 Å². The molecule has 0 saturated heterocycles. The van der Waals surface area contributed by atoms with Gasteiger partial charge in [-0.15, -0.1) is 0 Å². The lowest BCUT2D eigenvalue weighted by molar-refractivity contribution is -0.140. The zero-order valence-electron chi connectivity index (χ0n) is 16.2. The van der Waals surface area contributed by atoms with Crippen LogP contribution in [0.3, 0.4) is 0 Å². The molecule has 4 rings (SSSR count). The van der Waals surface area contributed by atoms with Crippen molar-refractivity contribution in [2.45, 2.75) is 19.3 Å². The molecule has 1 N–H and O–H groups in total. The molecule has 0 aliphatic carbocycles. The maximum absolute atomic E-state index is 13.8. The average molecular weight is 446 g/mol. The Morgan fingerprint density at radius 1 is 1.19 bits per heavy atom. The lowest BCUT2D eigenvalue weighted by Crippen LogP contribution is -2.21. The molecule has 164 valence electrons. The molecule has 32 heavy (non-hydrogen) atoms.